The van der Waals surface area contributed by atoms with Crippen LogP contribution in [-0.2, 0) is 0 Å². The van der Waals surface area contributed by atoms with Gasteiger partial charge in [-0.1, -0.05) is 37.7 Å². The Labute approximate surface area is 130 Å². The van der Waals surface area contributed by atoms with E-state index < -0.39 is 0 Å². The molecule has 0 spiro atoms. The monoisotopic (exact) mass is 303 g/mol. The summed E-state index contributed by atoms with van der Waals surface area (Å²) in [7, 11) is 1.83. The Morgan fingerprint density at radius 1 is 1.19 bits per heavy atom. The molecule has 21 heavy (non-hydrogen) atoms. The molecule has 5 heteroatoms. The van der Waals surface area contributed by atoms with E-state index >= 15 is 0 Å². The van der Waals surface area contributed by atoms with Crippen molar-refractivity contribution in [3.05, 3.63) is 35.4 Å². The third-order valence-electron chi connectivity index (χ3n) is 3.21. The zero-order chi connectivity index (χ0) is 15.4. The zero-order valence-corrected chi connectivity index (χ0v) is 13.9. The van der Waals surface area contributed by atoms with E-state index in [1.54, 1.807) is 6.07 Å². The molecule has 1 aromatic heterocycles. The summed E-state index contributed by atoms with van der Waals surface area (Å²) in [5.74, 6) is 2.62. The molecule has 0 radical (unpaired) electrons. The van der Waals surface area contributed by atoms with Gasteiger partial charge in [0.1, 0.15) is 11.6 Å². The summed E-state index contributed by atoms with van der Waals surface area (Å²) in [5.41, 5.74) is 2.35. The fourth-order valence-corrected chi connectivity index (χ4v) is 2.24. The quantitative estimate of drug-likeness (QED) is 0.652. The highest BCUT2D eigenvalue weighted by Gasteiger charge is 2.09. The molecule has 1 heterocycles. The fourth-order valence-electron chi connectivity index (χ4n) is 1.87. The van der Waals surface area contributed by atoms with Gasteiger partial charge < -0.3 is 10.1 Å². The van der Waals surface area contributed by atoms with Gasteiger partial charge in [-0.05, 0) is 36.3 Å². The van der Waals surface area contributed by atoms with Crippen LogP contribution >= 0.6 is 11.8 Å². The summed E-state index contributed by atoms with van der Waals surface area (Å²) in [6.45, 7) is 6.38. The minimum atomic E-state index is 0.466. The van der Waals surface area contributed by atoms with Crippen LogP contribution in [0.15, 0.2) is 29.4 Å². The van der Waals surface area contributed by atoms with E-state index in [2.05, 4.69) is 47.3 Å². The van der Waals surface area contributed by atoms with Gasteiger partial charge in [-0.15, -0.1) is 0 Å². The van der Waals surface area contributed by atoms with Crippen molar-refractivity contribution in [2.24, 2.45) is 0 Å². The van der Waals surface area contributed by atoms with Gasteiger partial charge >= 0.3 is 0 Å². The Balaban J connectivity index is 2.35. The van der Waals surface area contributed by atoms with Crippen molar-refractivity contribution in [2.45, 2.75) is 31.8 Å². The molecule has 0 atom stereocenters. The topological polar surface area (TPSA) is 47.0 Å². The Bertz CT molecular complexity index is 607. The van der Waals surface area contributed by atoms with Gasteiger partial charge in [0, 0.05) is 13.1 Å². The molecule has 0 amide bonds. The number of rotatable bonds is 5. The number of nitrogens with one attached hydrogen (secondary N) is 1. The Kier molecular flexibility index (Phi) is 5.07. The van der Waals surface area contributed by atoms with Crippen molar-refractivity contribution in [2.75, 3.05) is 18.6 Å². The third-order valence-corrected chi connectivity index (χ3v) is 3.76. The molecule has 112 valence electrons. The average Bonchev–Trinajstić information content (AvgIpc) is 2.48. The van der Waals surface area contributed by atoms with Crippen LogP contribution in [0, 0.1) is 6.92 Å². The van der Waals surface area contributed by atoms with Crippen molar-refractivity contribution >= 4 is 17.6 Å². The first-order valence-corrected chi connectivity index (χ1v) is 8.15. The van der Waals surface area contributed by atoms with Crippen LogP contribution in [0.2, 0.25) is 0 Å². The Morgan fingerprint density at radius 3 is 2.57 bits per heavy atom. The second kappa shape index (κ2) is 6.80. The molecule has 0 bridgehead atoms. The minimum absolute atomic E-state index is 0.466. The number of anilines is 1. The molecule has 0 unspecified atom stereocenters. The lowest BCUT2D eigenvalue weighted by Crippen LogP contribution is -1.99. The van der Waals surface area contributed by atoms with Crippen LogP contribution in [0.25, 0.3) is 0 Å². The number of benzene rings is 1. The number of thioether (sulfide) groups is 1. The highest BCUT2D eigenvalue weighted by molar-refractivity contribution is 7.98. The van der Waals surface area contributed by atoms with Gasteiger partial charge in [-0.3, -0.25) is 0 Å². The second-order valence-electron chi connectivity index (χ2n) is 5.11. The Hall–Kier alpha value is -1.75. The van der Waals surface area contributed by atoms with Crippen LogP contribution in [0.3, 0.4) is 0 Å². The molecular formula is C16H21N3OS. The lowest BCUT2D eigenvalue weighted by molar-refractivity contribution is 0.452. The second-order valence-corrected chi connectivity index (χ2v) is 5.88. The van der Waals surface area contributed by atoms with E-state index in [1.807, 2.05) is 20.2 Å². The number of aryl methyl sites for hydroxylation is 1. The predicted molar refractivity (Wildman–Crippen MR) is 88.7 cm³/mol. The maximum absolute atomic E-state index is 5.98. The summed E-state index contributed by atoms with van der Waals surface area (Å²) >= 11 is 1.49. The van der Waals surface area contributed by atoms with Gasteiger partial charge in [-0.2, -0.15) is 4.98 Å². The molecular weight excluding hydrogens is 282 g/mol. The smallest absolute Gasteiger partial charge is 0.225 e. The lowest BCUT2D eigenvalue weighted by atomic mass is 10.0. The lowest BCUT2D eigenvalue weighted by Gasteiger charge is -2.13. The summed E-state index contributed by atoms with van der Waals surface area (Å²) in [4.78, 5) is 8.74. The van der Waals surface area contributed by atoms with E-state index in [-0.39, 0.29) is 0 Å². The highest BCUT2D eigenvalue weighted by atomic mass is 32.2. The van der Waals surface area contributed by atoms with E-state index in [1.165, 1.54) is 17.3 Å². The molecule has 2 aromatic rings. The first kappa shape index (κ1) is 15.6. The first-order valence-electron chi connectivity index (χ1n) is 6.92. The molecule has 0 aliphatic rings. The average molecular weight is 303 g/mol. The van der Waals surface area contributed by atoms with E-state index in [4.69, 9.17) is 4.74 Å². The summed E-state index contributed by atoms with van der Waals surface area (Å²) in [5, 5.41) is 3.72. The maximum atomic E-state index is 5.98. The maximum Gasteiger partial charge on any atom is 0.225 e. The first-order chi connectivity index (χ1) is 10.0. The van der Waals surface area contributed by atoms with Gasteiger partial charge in [0.05, 0.1) is 0 Å². The van der Waals surface area contributed by atoms with Crippen LogP contribution in [0.5, 0.6) is 11.6 Å². The summed E-state index contributed by atoms with van der Waals surface area (Å²) in [6.07, 6.45) is 1.95. The third kappa shape index (κ3) is 3.88. The minimum Gasteiger partial charge on any atom is -0.439 e. The van der Waals surface area contributed by atoms with Gasteiger partial charge in [0.2, 0.25) is 5.88 Å². The van der Waals surface area contributed by atoms with Crippen molar-refractivity contribution in [3.8, 4) is 11.6 Å². The van der Waals surface area contributed by atoms with Crippen molar-refractivity contribution in [1.29, 1.82) is 0 Å². The molecule has 1 aromatic carbocycles. The van der Waals surface area contributed by atoms with Crippen molar-refractivity contribution < 1.29 is 4.74 Å². The van der Waals surface area contributed by atoms with Crippen LogP contribution < -0.4 is 10.1 Å². The molecule has 2 rings (SSSR count). The van der Waals surface area contributed by atoms with Crippen LogP contribution in [0.1, 0.15) is 30.9 Å². The highest BCUT2D eigenvalue weighted by Crippen LogP contribution is 2.29. The molecule has 0 aliphatic heterocycles. The van der Waals surface area contributed by atoms with Crippen molar-refractivity contribution in [1.82, 2.24) is 9.97 Å². The molecule has 1 N–H and O–H groups in total. The molecule has 0 aliphatic carbocycles. The van der Waals surface area contributed by atoms with Gasteiger partial charge in [0.15, 0.2) is 5.16 Å². The van der Waals surface area contributed by atoms with E-state index in [0.29, 0.717) is 17.0 Å². The summed E-state index contributed by atoms with van der Waals surface area (Å²) in [6, 6.07) is 8.11. The summed E-state index contributed by atoms with van der Waals surface area (Å²) < 4.78 is 5.98. The van der Waals surface area contributed by atoms with Crippen molar-refractivity contribution in [3.63, 3.8) is 0 Å². The normalized spacial score (nSPS) is 10.8. The van der Waals surface area contributed by atoms with E-state index in [9.17, 15) is 0 Å². The largest absolute Gasteiger partial charge is 0.439 e. The molecule has 0 saturated carbocycles. The zero-order valence-electron chi connectivity index (χ0n) is 13.1. The Morgan fingerprint density at radius 2 is 1.95 bits per heavy atom. The van der Waals surface area contributed by atoms with E-state index in [0.717, 1.165) is 17.1 Å². The predicted octanol–water partition coefficient (Wildman–Crippen LogP) is 4.46. The van der Waals surface area contributed by atoms with Crippen LogP contribution in [0.4, 0.5) is 5.82 Å². The molecule has 4 nitrogen and oxygen atoms in total. The van der Waals surface area contributed by atoms with Gasteiger partial charge in [-0.25, -0.2) is 4.98 Å². The number of nitrogens with zero attached hydrogens (tertiary/aromatic N) is 2. The van der Waals surface area contributed by atoms with Crippen LogP contribution in [-0.4, -0.2) is 23.3 Å². The molecule has 0 saturated heterocycles. The fraction of sp³-hybridized carbons (Fsp3) is 0.375. The van der Waals surface area contributed by atoms with Gasteiger partial charge in [0.25, 0.3) is 0 Å². The SMILES string of the molecule is CNc1cc(Oc2cc(C(C)C)ccc2C)nc(SC)n1. The number of hydrogen-bond acceptors (Lipinski definition) is 5. The number of ether oxygens (including phenoxy) is 1. The number of hydrogen-bond donors (Lipinski definition) is 1. The number of aromatic nitrogens is 2. The standard InChI is InChI=1S/C16H21N3OS/c1-10(2)12-7-6-11(3)13(8-12)20-15-9-14(17-4)18-16(19-15)21-5/h6-10H,1-5H3,(H,17,18,19). The molecule has 0 fully saturated rings.